The van der Waals surface area contributed by atoms with Gasteiger partial charge in [0.05, 0.1) is 18.2 Å². The fraction of sp³-hybridized carbons (Fsp3) is 0.125. The summed E-state index contributed by atoms with van der Waals surface area (Å²) in [6.07, 6.45) is -3.27. The molecule has 0 atom stereocenters. The molecule has 0 unspecified atom stereocenters. The molecule has 2 rings (SSSR count). The first kappa shape index (κ1) is 17.0. The third-order valence-corrected chi connectivity index (χ3v) is 3.26. The number of carbonyl (C=O) groups is 1. The van der Waals surface area contributed by atoms with Gasteiger partial charge in [0.25, 0.3) is 0 Å². The molecule has 23 heavy (non-hydrogen) atoms. The van der Waals surface area contributed by atoms with E-state index in [1.165, 1.54) is 18.3 Å². The Morgan fingerprint density at radius 3 is 2.61 bits per heavy atom. The molecular weight excluding hydrogens is 329 g/mol. The molecule has 0 saturated carbocycles. The molecule has 2 aromatic rings. The van der Waals surface area contributed by atoms with E-state index in [1.807, 2.05) is 0 Å². The SMILES string of the molecule is O=C(Cc1cccc(C(F)(F)F)c1)NN=Cc1ccccc1Cl. The minimum atomic E-state index is -4.44. The van der Waals surface area contributed by atoms with E-state index in [0.717, 1.165) is 12.1 Å². The van der Waals surface area contributed by atoms with E-state index in [9.17, 15) is 18.0 Å². The van der Waals surface area contributed by atoms with Gasteiger partial charge in [0, 0.05) is 10.6 Å². The Balaban J connectivity index is 1.97. The van der Waals surface area contributed by atoms with Crippen LogP contribution in [-0.4, -0.2) is 12.1 Å². The molecule has 7 heteroatoms. The first-order valence-corrected chi connectivity index (χ1v) is 6.96. The van der Waals surface area contributed by atoms with Crippen LogP contribution >= 0.6 is 11.6 Å². The van der Waals surface area contributed by atoms with Crippen LogP contribution < -0.4 is 5.43 Å². The highest BCUT2D eigenvalue weighted by atomic mass is 35.5. The first-order valence-electron chi connectivity index (χ1n) is 6.59. The summed E-state index contributed by atoms with van der Waals surface area (Å²) in [5.41, 5.74) is 2.34. The summed E-state index contributed by atoms with van der Waals surface area (Å²) in [5, 5.41) is 4.21. The Morgan fingerprint density at radius 2 is 1.91 bits per heavy atom. The van der Waals surface area contributed by atoms with Crippen LogP contribution in [0, 0.1) is 0 Å². The van der Waals surface area contributed by atoms with E-state index >= 15 is 0 Å². The van der Waals surface area contributed by atoms with Crippen LogP contribution in [0.4, 0.5) is 13.2 Å². The van der Waals surface area contributed by atoms with Crippen molar-refractivity contribution in [2.24, 2.45) is 5.10 Å². The molecule has 0 saturated heterocycles. The highest BCUT2D eigenvalue weighted by Crippen LogP contribution is 2.29. The summed E-state index contributed by atoms with van der Waals surface area (Å²) < 4.78 is 37.8. The Kier molecular flexibility index (Phi) is 5.39. The van der Waals surface area contributed by atoms with Gasteiger partial charge in [-0.25, -0.2) is 5.43 Å². The molecule has 0 radical (unpaired) electrons. The van der Waals surface area contributed by atoms with Crippen LogP contribution in [0.15, 0.2) is 53.6 Å². The van der Waals surface area contributed by atoms with Gasteiger partial charge < -0.3 is 0 Å². The number of carbonyl (C=O) groups excluding carboxylic acids is 1. The second-order valence-corrected chi connectivity index (χ2v) is 5.10. The van der Waals surface area contributed by atoms with Crippen LogP contribution in [0.1, 0.15) is 16.7 Å². The summed E-state index contributed by atoms with van der Waals surface area (Å²) in [6, 6.07) is 11.5. The van der Waals surface area contributed by atoms with Crippen molar-refractivity contribution in [1.82, 2.24) is 5.43 Å². The van der Waals surface area contributed by atoms with Crippen molar-refractivity contribution in [1.29, 1.82) is 0 Å². The van der Waals surface area contributed by atoms with Crippen molar-refractivity contribution in [3.05, 3.63) is 70.2 Å². The summed E-state index contributed by atoms with van der Waals surface area (Å²) in [6.45, 7) is 0. The number of nitrogens with one attached hydrogen (secondary N) is 1. The van der Waals surface area contributed by atoms with Gasteiger partial charge in [0.1, 0.15) is 0 Å². The van der Waals surface area contributed by atoms with Gasteiger partial charge in [-0.3, -0.25) is 4.79 Å². The van der Waals surface area contributed by atoms with Gasteiger partial charge >= 0.3 is 6.18 Å². The monoisotopic (exact) mass is 340 g/mol. The molecule has 120 valence electrons. The fourth-order valence-electron chi connectivity index (χ4n) is 1.84. The van der Waals surface area contributed by atoms with E-state index in [-0.39, 0.29) is 12.0 Å². The standard InChI is InChI=1S/C16H12ClF3N2O/c17-14-7-2-1-5-12(14)10-21-22-15(23)9-11-4-3-6-13(8-11)16(18,19)20/h1-8,10H,9H2,(H,22,23). The van der Waals surface area contributed by atoms with Crippen molar-refractivity contribution in [2.75, 3.05) is 0 Å². The molecule has 2 aromatic carbocycles. The summed E-state index contributed by atoms with van der Waals surface area (Å²) in [5.74, 6) is -0.521. The second-order valence-electron chi connectivity index (χ2n) is 4.69. The molecule has 0 aliphatic rings. The number of amides is 1. The zero-order valence-corrected chi connectivity index (χ0v) is 12.5. The lowest BCUT2D eigenvalue weighted by Crippen LogP contribution is -2.20. The first-order chi connectivity index (χ1) is 10.9. The third kappa shape index (κ3) is 5.10. The quantitative estimate of drug-likeness (QED) is 0.662. The molecule has 3 nitrogen and oxygen atoms in total. The zero-order valence-electron chi connectivity index (χ0n) is 11.8. The summed E-state index contributed by atoms with van der Waals surface area (Å²) >= 11 is 5.92. The van der Waals surface area contributed by atoms with Crippen molar-refractivity contribution in [3.8, 4) is 0 Å². The number of nitrogens with zero attached hydrogens (tertiary/aromatic N) is 1. The molecule has 1 N–H and O–H groups in total. The Hall–Kier alpha value is -2.34. The normalized spacial score (nSPS) is 11.7. The maximum atomic E-state index is 12.6. The smallest absolute Gasteiger partial charge is 0.273 e. The maximum absolute atomic E-state index is 12.6. The van der Waals surface area contributed by atoms with Crippen molar-refractivity contribution in [3.63, 3.8) is 0 Å². The maximum Gasteiger partial charge on any atom is 0.416 e. The van der Waals surface area contributed by atoms with Crippen LogP contribution in [0.25, 0.3) is 0 Å². The van der Waals surface area contributed by atoms with E-state index in [2.05, 4.69) is 10.5 Å². The zero-order chi connectivity index (χ0) is 16.9. The Bertz CT molecular complexity index is 729. The van der Waals surface area contributed by atoms with Crippen molar-refractivity contribution >= 4 is 23.7 Å². The highest BCUT2D eigenvalue weighted by Gasteiger charge is 2.30. The van der Waals surface area contributed by atoms with Crippen LogP contribution in [0.3, 0.4) is 0 Å². The predicted octanol–water partition coefficient (Wildman–Crippen LogP) is 4.05. The van der Waals surface area contributed by atoms with Gasteiger partial charge in [0.15, 0.2) is 0 Å². The lowest BCUT2D eigenvalue weighted by atomic mass is 10.1. The lowest BCUT2D eigenvalue weighted by molar-refractivity contribution is -0.137. The molecule has 0 aliphatic heterocycles. The minimum Gasteiger partial charge on any atom is -0.273 e. The van der Waals surface area contributed by atoms with Gasteiger partial charge in [-0.05, 0) is 17.7 Å². The number of rotatable bonds is 4. The molecule has 0 heterocycles. The molecule has 0 bridgehead atoms. The average Bonchev–Trinajstić information content (AvgIpc) is 2.48. The highest BCUT2D eigenvalue weighted by molar-refractivity contribution is 6.33. The molecule has 0 aliphatic carbocycles. The molecular formula is C16H12ClF3N2O. The molecule has 0 spiro atoms. The van der Waals surface area contributed by atoms with E-state index < -0.39 is 17.6 Å². The largest absolute Gasteiger partial charge is 0.416 e. The van der Waals surface area contributed by atoms with Gasteiger partial charge in [0.2, 0.25) is 5.91 Å². The van der Waals surface area contributed by atoms with Crippen molar-refractivity contribution in [2.45, 2.75) is 12.6 Å². The Labute approximate surface area is 135 Å². The summed E-state index contributed by atoms with van der Waals surface area (Å²) in [4.78, 5) is 11.7. The third-order valence-electron chi connectivity index (χ3n) is 2.92. The topological polar surface area (TPSA) is 41.5 Å². The van der Waals surface area contributed by atoms with Crippen LogP contribution in [0.2, 0.25) is 5.02 Å². The molecule has 0 fully saturated rings. The number of hydrogen-bond donors (Lipinski definition) is 1. The lowest BCUT2D eigenvalue weighted by Gasteiger charge is -2.08. The fourth-order valence-corrected chi connectivity index (χ4v) is 2.02. The van der Waals surface area contributed by atoms with E-state index in [0.29, 0.717) is 10.6 Å². The number of hydrazone groups is 1. The second kappa shape index (κ2) is 7.28. The molecule has 0 aromatic heterocycles. The Morgan fingerprint density at radius 1 is 1.17 bits per heavy atom. The number of hydrogen-bond acceptors (Lipinski definition) is 2. The van der Waals surface area contributed by atoms with Gasteiger partial charge in [-0.1, -0.05) is 48.0 Å². The number of benzene rings is 2. The van der Waals surface area contributed by atoms with E-state index in [4.69, 9.17) is 11.6 Å². The summed E-state index contributed by atoms with van der Waals surface area (Å²) in [7, 11) is 0. The van der Waals surface area contributed by atoms with Crippen LogP contribution in [-0.2, 0) is 17.4 Å². The number of alkyl halides is 3. The van der Waals surface area contributed by atoms with Crippen molar-refractivity contribution < 1.29 is 18.0 Å². The predicted molar refractivity (Wildman–Crippen MR) is 82.3 cm³/mol. The minimum absolute atomic E-state index is 0.205. The molecule has 1 amide bonds. The van der Waals surface area contributed by atoms with Gasteiger partial charge in [-0.2, -0.15) is 18.3 Å². The van der Waals surface area contributed by atoms with Gasteiger partial charge in [-0.15, -0.1) is 0 Å². The average molecular weight is 341 g/mol. The van der Waals surface area contributed by atoms with E-state index in [1.54, 1.807) is 24.3 Å². The number of halogens is 4. The van der Waals surface area contributed by atoms with Crippen LogP contribution in [0.5, 0.6) is 0 Å².